The van der Waals surface area contributed by atoms with E-state index in [1.165, 1.54) is 53.4 Å². The molecular formula is C53H99N11O17. The maximum absolute atomic E-state index is 14.3. The molecule has 0 heterocycles. The first-order valence-corrected chi connectivity index (χ1v) is 27.9. The molecule has 81 heavy (non-hydrogen) atoms. The summed E-state index contributed by atoms with van der Waals surface area (Å²) >= 11 is 0. The Hall–Kier alpha value is -5.62. The molecule has 0 spiro atoms. The minimum absolute atomic E-state index is 0.0261. The second-order valence-electron chi connectivity index (χ2n) is 21.6. The van der Waals surface area contributed by atoms with E-state index in [9.17, 15) is 83.7 Å². The van der Waals surface area contributed by atoms with Crippen molar-refractivity contribution in [3.05, 3.63) is 0 Å². The predicted octanol–water partition coefficient (Wildman–Crippen LogP) is -4.42. The molecule has 0 aromatic carbocycles. The molecule has 0 aliphatic rings. The van der Waals surface area contributed by atoms with Gasteiger partial charge < -0.3 is 90.9 Å². The van der Waals surface area contributed by atoms with E-state index in [4.69, 9.17) is 5.73 Å². The van der Waals surface area contributed by atoms with E-state index in [2.05, 4.69) is 5.32 Å². The molecule has 28 heteroatoms. The van der Waals surface area contributed by atoms with Crippen LogP contribution in [-0.4, -0.2) is 311 Å². The largest absolute Gasteiger partial charge is 0.392 e. The Bertz CT molecular complexity index is 2010. The summed E-state index contributed by atoms with van der Waals surface area (Å²) in [5.41, 5.74) is 5.33. The van der Waals surface area contributed by atoms with Gasteiger partial charge in [0, 0.05) is 63.9 Å². The van der Waals surface area contributed by atoms with Gasteiger partial charge in [0.2, 0.25) is 59.1 Å². The molecule has 0 bridgehead atoms. The maximum atomic E-state index is 14.3. The van der Waals surface area contributed by atoms with Crippen molar-refractivity contribution in [2.45, 2.75) is 170 Å². The number of aliphatic hydroxyl groups is 7. The summed E-state index contributed by atoms with van der Waals surface area (Å²) in [7, 11) is 0. The first kappa shape index (κ1) is 75.4. The average molecular weight is 1160 g/mol. The van der Waals surface area contributed by atoms with E-state index in [0.29, 0.717) is 12.8 Å². The lowest BCUT2D eigenvalue weighted by Crippen LogP contribution is -2.56. The number of nitrogens with zero attached hydrogens (tertiary/aromatic N) is 9. The summed E-state index contributed by atoms with van der Waals surface area (Å²) in [6.45, 7) is 11.2. The van der Waals surface area contributed by atoms with Crippen molar-refractivity contribution >= 4 is 59.1 Å². The molecule has 0 aliphatic carbocycles. The number of aliphatic hydroxyl groups excluding tert-OH is 7. The van der Waals surface area contributed by atoms with Gasteiger partial charge >= 0.3 is 0 Å². The SMILES string of the molecule is CCC(C)NCC(=O)N(CC(=O)N(CC(=O)N(CC(=O)N(CC(=O)N(CC(=O)N(CC(=O)N(CC(=O)N(CC(=O)N(CC(N)=O)CC(C)O)C(C)CC)CC(C)O)CC(C)O)CC(C)O)C(C)CC)CC(C)O)CC(C)O)CC(C)O. The van der Waals surface area contributed by atoms with Crippen molar-refractivity contribution in [2.24, 2.45) is 5.73 Å². The fraction of sp³-hybridized carbons (Fsp3) is 0.811. The Morgan fingerprint density at radius 3 is 0.741 bits per heavy atom. The smallest absolute Gasteiger partial charge is 0.242 e. The number of carbonyl (C=O) groups is 10. The summed E-state index contributed by atoms with van der Waals surface area (Å²) in [5.74, 6) is -7.87. The second-order valence-corrected chi connectivity index (χ2v) is 21.6. The quantitative estimate of drug-likeness (QED) is 0.0280. The lowest BCUT2D eigenvalue weighted by atomic mass is 10.2. The first-order chi connectivity index (χ1) is 37.6. The number of rotatable bonds is 40. The van der Waals surface area contributed by atoms with Gasteiger partial charge in [-0.3, -0.25) is 47.9 Å². The summed E-state index contributed by atoms with van der Waals surface area (Å²) in [6.07, 6.45) is -6.77. The zero-order valence-corrected chi connectivity index (χ0v) is 50.2. The third-order valence-electron chi connectivity index (χ3n) is 12.9. The fourth-order valence-corrected chi connectivity index (χ4v) is 8.19. The minimum Gasteiger partial charge on any atom is -0.392 e. The van der Waals surface area contributed by atoms with Crippen LogP contribution in [-0.2, 0) is 47.9 Å². The van der Waals surface area contributed by atoms with Gasteiger partial charge in [-0.25, -0.2) is 0 Å². The molecule has 0 radical (unpaired) electrons. The number of carbonyl (C=O) groups excluding carboxylic acids is 10. The highest BCUT2D eigenvalue weighted by atomic mass is 16.3. The minimum atomic E-state index is -1.25. The number of nitrogens with one attached hydrogen (secondary N) is 1. The van der Waals surface area contributed by atoms with Gasteiger partial charge in [0.05, 0.1) is 95.1 Å². The molecule has 10 atom stereocenters. The van der Waals surface area contributed by atoms with Gasteiger partial charge in [0.1, 0.15) is 13.1 Å². The standard InChI is InChI=1S/C53H99N11O17/c1-14-34(4)55-17-45(73)57(19-38(8)66)26-46(74)58(20-39(9)67)27-48(76)62(24-43(13)71)31-53(81)64(36(6)16-3)33-51(79)60(22-41(11)69)29-47(75)59(21-40(10)68)28-49(77)61(23-42(12)70)30-52(80)63(35(5)15-2)32-50(78)56(18-37(7)65)25-44(54)72/h34-43,55,65-71H,14-33H2,1-13H3,(H2,54,72). The van der Waals surface area contributed by atoms with E-state index in [1.54, 1.807) is 27.7 Å². The molecule has 28 nitrogen and oxygen atoms in total. The van der Waals surface area contributed by atoms with Crippen LogP contribution in [0, 0.1) is 0 Å². The highest BCUT2D eigenvalue weighted by Crippen LogP contribution is 2.13. The van der Waals surface area contributed by atoms with Crippen molar-refractivity contribution < 1.29 is 83.7 Å². The van der Waals surface area contributed by atoms with Crippen LogP contribution in [0.3, 0.4) is 0 Å². The summed E-state index contributed by atoms with van der Waals surface area (Å²) < 4.78 is 0. The van der Waals surface area contributed by atoms with Crippen molar-refractivity contribution in [1.82, 2.24) is 49.4 Å². The lowest BCUT2D eigenvalue weighted by molar-refractivity contribution is -0.151. The molecular weight excluding hydrogens is 1060 g/mol. The van der Waals surface area contributed by atoms with Crippen LogP contribution < -0.4 is 11.1 Å². The predicted molar refractivity (Wildman–Crippen MR) is 298 cm³/mol. The maximum Gasteiger partial charge on any atom is 0.242 e. The number of nitrogens with two attached hydrogens (primary N) is 1. The van der Waals surface area contributed by atoms with Gasteiger partial charge in [-0.05, 0) is 88.5 Å². The fourth-order valence-electron chi connectivity index (χ4n) is 8.19. The van der Waals surface area contributed by atoms with Gasteiger partial charge in [0.25, 0.3) is 0 Å². The highest BCUT2D eigenvalue weighted by molar-refractivity contribution is 5.94. The van der Waals surface area contributed by atoms with Crippen molar-refractivity contribution in [3.63, 3.8) is 0 Å². The Morgan fingerprint density at radius 2 is 0.531 bits per heavy atom. The van der Waals surface area contributed by atoms with Crippen molar-refractivity contribution in [1.29, 1.82) is 0 Å². The monoisotopic (exact) mass is 1160 g/mol. The molecule has 468 valence electrons. The molecule has 0 rings (SSSR count). The summed E-state index contributed by atoms with van der Waals surface area (Å²) in [5, 5.41) is 75.5. The first-order valence-electron chi connectivity index (χ1n) is 27.9. The van der Waals surface area contributed by atoms with Gasteiger partial charge in [-0.1, -0.05) is 20.8 Å². The van der Waals surface area contributed by atoms with Gasteiger partial charge in [0.15, 0.2) is 0 Å². The zero-order chi connectivity index (χ0) is 62.6. The van der Waals surface area contributed by atoms with E-state index >= 15 is 0 Å². The van der Waals surface area contributed by atoms with Crippen LogP contribution in [0.1, 0.15) is 109 Å². The van der Waals surface area contributed by atoms with Crippen LogP contribution >= 0.6 is 0 Å². The topological polar surface area (TPSA) is 380 Å². The number of amides is 10. The Labute approximate surface area is 478 Å². The van der Waals surface area contributed by atoms with Crippen LogP contribution in [0.4, 0.5) is 0 Å². The normalized spacial score (nSPS) is 15.0. The molecule has 0 saturated heterocycles. The average Bonchev–Trinajstić information content (AvgIpc) is 3.35. The second kappa shape index (κ2) is 38.2. The molecule has 0 fully saturated rings. The van der Waals surface area contributed by atoms with Crippen molar-refractivity contribution in [2.75, 3.05) is 111 Å². The number of primary amides is 1. The van der Waals surface area contributed by atoms with Crippen LogP contribution in [0.2, 0.25) is 0 Å². The van der Waals surface area contributed by atoms with E-state index in [0.717, 1.165) is 39.2 Å². The third kappa shape index (κ3) is 30.3. The molecule has 0 aromatic heterocycles. The van der Waals surface area contributed by atoms with E-state index in [-0.39, 0.29) is 38.6 Å². The highest BCUT2D eigenvalue weighted by Gasteiger charge is 2.34. The number of hydrogen-bond donors (Lipinski definition) is 9. The third-order valence-corrected chi connectivity index (χ3v) is 12.9. The Morgan fingerprint density at radius 1 is 0.321 bits per heavy atom. The zero-order valence-electron chi connectivity index (χ0n) is 50.2. The van der Waals surface area contributed by atoms with Crippen LogP contribution in [0.25, 0.3) is 0 Å². The Kier molecular flexibility index (Phi) is 35.6. The summed E-state index contributed by atoms with van der Waals surface area (Å²) in [6, 6.07) is -1.30. The van der Waals surface area contributed by atoms with Gasteiger partial charge in [-0.15, -0.1) is 0 Å². The molecule has 0 saturated carbocycles. The summed E-state index contributed by atoms with van der Waals surface area (Å²) in [4.78, 5) is 146. The van der Waals surface area contributed by atoms with Crippen LogP contribution in [0.15, 0.2) is 0 Å². The number of hydrogen-bond acceptors (Lipinski definition) is 18. The molecule has 10 N–H and O–H groups in total. The molecule has 0 aliphatic heterocycles. The van der Waals surface area contributed by atoms with E-state index < -0.39 is 199 Å². The van der Waals surface area contributed by atoms with Crippen molar-refractivity contribution in [3.8, 4) is 0 Å². The molecule has 0 aromatic rings. The Balaban J connectivity index is 6.84. The van der Waals surface area contributed by atoms with E-state index in [1.807, 2.05) is 13.8 Å². The molecule has 10 unspecified atom stereocenters. The van der Waals surface area contributed by atoms with Crippen LogP contribution in [0.5, 0.6) is 0 Å². The van der Waals surface area contributed by atoms with Gasteiger partial charge in [-0.2, -0.15) is 0 Å². The lowest BCUT2D eigenvalue weighted by Gasteiger charge is -2.35. The molecule has 10 amide bonds.